The molecular formula is C15H28N4O2. The highest BCUT2D eigenvalue weighted by Crippen LogP contribution is 2.06. The number of nitrogens with one attached hydrogen (secondary N) is 1. The van der Waals surface area contributed by atoms with Crippen LogP contribution >= 0.6 is 0 Å². The standard InChI is InChI=1S/C15H28N4O2/c1-4-9-18(3)14-12-15(20)19(17-13-14)10-8-16-7-6-11-21-5-2/h12-13,16H,4-11H2,1-3H3. The van der Waals surface area contributed by atoms with Crippen molar-refractivity contribution in [2.75, 3.05) is 44.8 Å². The summed E-state index contributed by atoms with van der Waals surface area (Å²) in [4.78, 5) is 14.0. The average molecular weight is 296 g/mol. The molecule has 0 fully saturated rings. The Morgan fingerprint density at radius 1 is 1.38 bits per heavy atom. The Bertz CT molecular complexity index is 448. The molecule has 6 heteroatoms. The van der Waals surface area contributed by atoms with E-state index < -0.39 is 0 Å². The predicted octanol–water partition coefficient (Wildman–Crippen LogP) is 1.11. The van der Waals surface area contributed by atoms with E-state index in [0.717, 1.165) is 51.4 Å². The van der Waals surface area contributed by atoms with Gasteiger partial charge < -0.3 is 15.0 Å². The smallest absolute Gasteiger partial charge is 0.268 e. The Morgan fingerprint density at radius 3 is 2.86 bits per heavy atom. The Kier molecular flexibility index (Phi) is 8.69. The molecule has 0 aliphatic rings. The molecule has 0 bridgehead atoms. The lowest BCUT2D eigenvalue weighted by molar-refractivity contribution is 0.144. The highest BCUT2D eigenvalue weighted by molar-refractivity contribution is 5.41. The van der Waals surface area contributed by atoms with E-state index in [1.54, 1.807) is 12.3 Å². The summed E-state index contributed by atoms with van der Waals surface area (Å²) in [6, 6.07) is 1.65. The first-order valence-corrected chi connectivity index (χ1v) is 7.75. The fourth-order valence-electron chi connectivity index (χ4n) is 2.02. The van der Waals surface area contributed by atoms with Crippen LogP contribution in [-0.4, -0.2) is 49.7 Å². The third-order valence-corrected chi connectivity index (χ3v) is 3.20. The van der Waals surface area contributed by atoms with Crippen LogP contribution in [0.5, 0.6) is 0 Å². The third-order valence-electron chi connectivity index (χ3n) is 3.20. The number of anilines is 1. The molecule has 0 aromatic carbocycles. The Hall–Kier alpha value is -1.40. The van der Waals surface area contributed by atoms with Crippen LogP contribution in [0.15, 0.2) is 17.1 Å². The van der Waals surface area contributed by atoms with Gasteiger partial charge in [-0.3, -0.25) is 4.79 Å². The summed E-state index contributed by atoms with van der Waals surface area (Å²) in [5.74, 6) is 0. The van der Waals surface area contributed by atoms with Gasteiger partial charge in [0.15, 0.2) is 0 Å². The minimum Gasteiger partial charge on any atom is -0.382 e. The minimum absolute atomic E-state index is 0.0495. The van der Waals surface area contributed by atoms with E-state index in [-0.39, 0.29) is 5.56 Å². The summed E-state index contributed by atoms with van der Waals surface area (Å²) in [6.45, 7) is 8.79. The van der Waals surface area contributed by atoms with Crippen LogP contribution in [0.25, 0.3) is 0 Å². The minimum atomic E-state index is -0.0495. The van der Waals surface area contributed by atoms with Gasteiger partial charge in [-0.1, -0.05) is 6.92 Å². The molecule has 1 aromatic heterocycles. The number of nitrogens with zero attached hydrogens (tertiary/aromatic N) is 3. The van der Waals surface area contributed by atoms with Gasteiger partial charge in [-0.25, -0.2) is 4.68 Å². The highest BCUT2D eigenvalue weighted by Gasteiger charge is 2.03. The van der Waals surface area contributed by atoms with Crippen LogP contribution in [0, 0.1) is 0 Å². The average Bonchev–Trinajstić information content (AvgIpc) is 2.48. The van der Waals surface area contributed by atoms with Crippen LogP contribution in [0.3, 0.4) is 0 Å². The molecule has 0 aliphatic carbocycles. The summed E-state index contributed by atoms with van der Waals surface area (Å²) in [7, 11) is 1.98. The van der Waals surface area contributed by atoms with Crippen molar-refractivity contribution >= 4 is 5.69 Å². The lowest BCUT2D eigenvalue weighted by Crippen LogP contribution is -2.30. The molecule has 1 heterocycles. The van der Waals surface area contributed by atoms with Gasteiger partial charge in [0.25, 0.3) is 5.56 Å². The number of hydrogen-bond acceptors (Lipinski definition) is 5. The lowest BCUT2D eigenvalue weighted by atomic mass is 10.3. The van der Waals surface area contributed by atoms with E-state index in [4.69, 9.17) is 4.74 Å². The number of ether oxygens (including phenoxy) is 1. The first kappa shape index (κ1) is 17.7. The Balaban J connectivity index is 2.34. The molecular weight excluding hydrogens is 268 g/mol. The predicted molar refractivity (Wildman–Crippen MR) is 86.0 cm³/mol. The van der Waals surface area contributed by atoms with E-state index in [1.807, 2.05) is 18.9 Å². The summed E-state index contributed by atoms with van der Waals surface area (Å²) in [5.41, 5.74) is 0.828. The molecule has 1 aromatic rings. The number of aromatic nitrogens is 2. The van der Waals surface area contributed by atoms with Gasteiger partial charge in [-0.05, 0) is 26.3 Å². The van der Waals surface area contributed by atoms with Crippen molar-refractivity contribution in [2.24, 2.45) is 0 Å². The van der Waals surface area contributed by atoms with Crippen LogP contribution in [0.4, 0.5) is 5.69 Å². The summed E-state index contributed by atoms with van der Waals surface area (Å²) in [5, 5.41) is 7.51. The normalized spacial score (nSPS) is 10.8. The Morgan fingerprint density at radius 2 is 2.19 bits per heavy atom. The number of rotatable bonds is 11. The Labute approximate surface area is 127 Å². The largest absolute Gasteiger partial charge is 0.382 e. The molecule has 0 atom stereocenters. The summed E-state index contributed by atoms with van der Waals surface area (Å²) < 4.78 is 6.76. The van der Waals surface area contributed by atoms with Crippen LogP contribution < -0.4 is 15.8 Å². The van der Waals surface area contributed by atoms with Gasteiger partial charge in [-0.2, -0.15) is 5.10 Å². The van der Waals surface area contributed by atoms with Crippen LogP contribution in [0.2, 0.25) is 0 Å². The molecule has 1 rings (SSSR count). The van der Waals surface area contributed by atoms with Crippen molar-refractivity contribution in [3.05, 3.63) is 22.6 Å². The van der Waals surface area contributed by atoms with Crippen molar-refractivity contribution in [1.29, 1.82) is 0 Å². The van der Waals surface area contributed by atoms with Gasteiger partial charge in [0.05, 0.1) is 18.4 Å². The zero-order chi connectivity index (χ0) is 15.5. The van der Waals surface area contributed by atoms with E-state index in [1.165, 1.54) is 4.68 Å². The summed E-state index contributed by atoms with van der Waals surface area (Å²) in [6.07, 6.45) is 3.79. The molecule has 0 unspecified atom stereocenters. The molecule has 0 saturated carbocycles. The molecule has 0 saturated heterocycles. The number of hydrogen-bond donors (Lipinski definition) is 1. The van der Waals surface area contributed by atoms with Gasteiger partial charge in [-0.15, -0.1) is 0 Å². The van der Waals surface area contributed by atoms with Crippen LogP contribution in [0.1, 0.15) is 26.7 Å². The molecule has 6 nitrogen and oxygen atoms in total. The van der Waals surface area contributed by atoms with Gasteiger partial charge >= 0.3 is 0 Å². The van der Waals surface area contributed by atoms with Crippen molar-refractivity contribution in [3.63, 3.8) is 0 Å². The van der Waals surface area contributed by atoms with Crippen molar-refractivity contribution in [3.8, 4) is 0 Å². The second-order valence-electron chi connectivity index (χ2n) is 5.00. The van der Waals surface area contributed by atoms with E-state index in [9.17, 15) is 4.79 Å². The maximum atomic E-state index is 12.0. The lowest BCUT2D eigenvalue weighted by Gasteiger charge is -2.17. The van der Waals surface area contributed by atoms with Crippen LogP contribution in [-0.2, 0) is 11.3 Å². The topological polar surface area (TPSA) is 59.4 Å². The maximum absolute atomic E-state index is 12.0. The second-order valence-corrected chi connectivity index (χ2v) is 5.00. The molecule has 0 spiro atoms. The molecule has 0 amide bonds. The van der Waals surface area contributed by atoms with Gasteiger partial charge in [0.2, 0.25) is 0 Å². The zero-order valence-electron chi connectivity index (χ0n) is 13.5. The van der Waals surface area contributed by atoms with Crippen molar-refractivity contribution in [1.82, 2.24) is 15.1 Å². The van der Waals surface area contributed by atoms with Gasteiger partial charge in [0, 0.05) is 39.4 Å². The highest BCUT2D eigenvalue weighted by atomic mass is 16.5. The van der Waals surface area contributed by atoms with Crippen molar-refractivity contribution in [2.45, 2.75) is 33.2 Å². The third kappa shape index (κ3) is 6.73. The zero-order valence-corrected chi connectivity index (χ0v) is 13.5. The summed E-state index contributed by atoms with van der Waals surface area (Å²) >= 11 is 0. The molecule has 0 aliphatic heterocycles. The monoisotopic (exact) mass is 296 g/mol. The quantitative estimate of drug-likeness (QED) is 0.620. The fraction of sp³-hybridized carbons (Fsp3) is 0.733. The van der Waals surface area contributed by atoms with Crippen molar-refractivity contribution < 1.29 is 4.74 Å². The molecule has 0 radical (unpaired) electrons. The molecule has 120 valence electrons. The first-order chi connectivity index (χ1) is 10.2. The van der Waals surface area contributed by atoms with E-state index in [0.29, 0.717) is 6.54 Å². The second kappa shape index (κ2) is 10.3. The molecule has 21 heavy (non-hydrogen) atoms. The first-order valence-electron chi connectivity index (χ1n) is 7.75. The maximum Gasteiger partial charge on any atom is 0.268 e. The molecule has 1 N–H and O–H groups in total. The van der Waals surface area contributed by atoms with E-state index in [2.05, 4.69) is 17.3 Å². The van der Waals surface area contributed by atoms with Gasteiger partial charge in [0.1, 0.15) is 0 Å². The SMILES string of the molecule is CCCN(C)c1cnn(CCNCCCOCC)c(=O)c1. The van der Waals surface area contributed by atoms with E-state index >= 15 is 0 Å². The fourth-order valence-corrected chi connectivity index (χ4v) is 2.02.